The number of rotatable bonds is 5. The summed E-state index contributed by atoms with van der Waals surface area (Å²) in [5.74, 6) is 1.65. The molecule has 3 heteroatoms. The van der Waals surface area contributed by atoms with E-state index in [-0.39, 0.29) is 0 Å². The van der Waals surface area contributed by atoms with Crippen LogP contribution in [0.5, 0.6) is 11.5 Å². The van der Waals surface area contributed by atoms with E-state index in [1.54, 1.807) is 14.2 Å². The highest BCUT2D eigenvalue weighted by Gasteiger charge is 2.20. The predicted octanol–water partition coefficient (Wildman–Crippen LogP) is 3.35. The highest BCUT2D eigenvalue weighted by atomic mass is 16.5. The van der Waals surface area contributed by atoms with Crippen molar-refractivity contribution in [2.45, 2.75) is 31.8 Å². The normalized spacial score (nSPS) is 16.9. The van der Waals surface area contributed by atoms with Gasteiger partial charge in [-0.15, -0.1) is 0 Å². The largest absolute Gasteiger partial charge is 0.493 e. The summed E-state index contributed by atoms with van der Waals surface area (Å²) in [5.41, 5.74) is 4.09. The number of hydrogen-bond donors (Lipinski definition) is 1. The second-order valence-electron chi connectivity index (χ2n) is 5.78. The van der Waals surface area contributed by atoms with Gasteiger partial charge in [-0.1, -0.05) is 30.3 Å². The SMILES string of the molecule is COc1cc2c(cc1OC)C[C@@H](NCc1ccccc1)CC2. The average Bonchev–Trinajstić information content (AvgIpc) is 2.59. The lowest BCUT2D eigenvalue weighted by Crippen LogP contribution is -2.34. The molecule has 3 nitrogen and oxygen atoms in total. The van der Waals surface area contributed by atoms with Crippen LogP contribution < -0.4 is 14.8 Å². The Hall–Kier alpha value is -2.00. The van der Waals surface area contributed by atoms with Gasteiger partial charge in [0.15, 0.2) is 11.5 Å². The van der Waals surface area contributed by atoms with E-state index in [2.05, 4.69) is 47.8 Å². The molecule has 1 N–H and O–H groups in total. The van der Waals surface area contributed by atoms with E-state index in [1.165, 1.54) is 16.7 Å². The number of fused-ring (bicyclic) bond motifs is 1. The fourth-order valence-electron chi connectivity index (χ4n) is 3.12. The third-order valence-corrected chi connectivity index (χ3v) is 4.37. The first kappa shape index (κ1) is 14.9. The Bertz CT molecular complexity index is 625. The molecule has 1 atom stereocenters. The minimum Gasteiger partial charge on any atom is -0.493 e. The first-order valence-corrected chi connectivity index (χ1v) is 7.81. The van der Waals surface area contributed by atoms with E-state index in [9.17, 15) is 0 Å². The molecule has 0 bridgehead atoms. The van der Waals surface area contributed by atoms with Gasteiger partial charge in [-0.3, -0.25) is 0 Å². The number of ether oxygens (including phenoxy) is 2. The maximum Gasteiger partial charge on any atom is 0.161 e. The Labute approximate surface area is 132 Å². The summed E-state index contributed by atoms with van der Waals surface area (Å²) in [6.45, 7) is 0.925. The molecule has 0 saturated heterocycles. The van der Waals surface area contributed by atoms with Crippen molar-refractivity contribution in [3.8, 4) is 11.5 Å². The van der Waals surface area contributed by atoms with E-state index in [0.717, 1.165) is 37.3 Å². The van der Waals surface area contributed by atoms with Gasteiger partial charge in [-0.05, 0) is 48.1 Å². The highest BCUT2D eigenvalue weighted by molar-refractivity contribution is 5.48. The first-order valence-electron chi connectivity index (χ1n) is 7.81. The van der Waals surface area contributed by atoms with E-state index in [4.69, 9.17) is 9.47 Å². The number of nitrogens with one attached hydrogen (secondary N) is 1. The second kappa shape index (κ2) is 6.84. The third-order valence-electron chi connectivity index (χ3n) is 4.37. The Morgan fingerprint density at radius 3 is 2.36 bits per heavy atom. The molecule has 0 heterocycles. The van der Waals surface area contributed by atoms with Crippen LogP contribution in [0.4, 0.5) is 0 Å². The van der Waals surface area contributed by atoms with Gasteiger partial charge in [0, 0.05) is 12.6 Å². The van der Waals surface area contributed by atoms with Crippen molar-refractivity contribution in [2.24, 2.45) is 0 Å². The van der Waals surface area contributed by atoms with Crippen LogP contribution in [-0.2, 0) is 19.4 Å². The lowest BCUT2D eigenvalue weighted by Gasteiger charge is -2.26. The first-order chi connectivity index (χ1) is 10.8. The molecule has 0 unspecified atom stereocenters. The number of benzene rings is 2. The lowest BCUT2D eigenvalue weighted by atomic mass is 9.87. The maximum atomic E-state index is 5.42. The summed E-state index contributed by atoms with van der Waals surface area (Å²) >= 11 is 0. The maximum absolute atomic E-state index is 5.42. The summed E-state index contributed by atoms with van der Waals surface area (Å²) in [6.07, 6.45) is 3.29. The van der Waals surface area contributed by atoms with Crippen LogP contribution in [0.1, 0.15) is 23.1 Å². The molecule has 2 aromatic carbocycles. The van der Waals surface area contributed by atoms with Gasteiger partial charge < -0.3 is 14.8 Å². The van der Waals surface area contributed by atoms with Crippen LogP contribution in [0.25, 0.3) is 0 Å². The van der Waals surface area contributed by atoms with Gasteiger partial charge in [0.2, 0.25) is 0 Å². The standard InChI is InChI=1S/C19H23NO2/c1-21-18-11-15-8-9-17(10-16(15)12-19(18)22-2)20-13-14-6-4-3-5-7-14/h3-7,11-12,17,20H,8-10,13H2,1-2H3/t17-/m0/s1. The minimum atomic E-state index is 0.519. The molecule has 2 aromatic rings. The molecule has 1 aliphatic carbocycles. The topological polar surface area (TPSA) is 30.5 Å². The van der Waals surface area contributed by atoms with Crippen molar-refractivity contribution in [1.82, 2.24) is 5.32 Å². The Morgan fingerprint density at radius 2 is 1.68 bits per heavy atom. The molecule has 116 valence electrons. The van der Waals surface area contributed by atoms with Gasteiger partial charge in [0.25, 0.3) is 0 Å². The molecule has 0 fully saturated rings. The number of hydrogen-bond acceptors (Lipinski definition) is 3. The van der Waals surface area contributed by atoms with Crippen molar-refractivity contribution in [2.75, 3.05) is 14.2 Å². The van der Waals surface area contributed by atoms with E-state index in [1.807, 2.05) is 0 Å². The van der Waals surface area contributed by atoms with Crippen molar-refractivity contribution in [1.29, 1.82) is 0 Å². The van der Waals surface area contributed by atoms with Gasteiger partial charge in [-0.25, -0.2) is 0 Å². The van der Waals surface area contributed by atoms with Crippen molar-refractivity contribution in [3.63, 3.8) is 0 Å². The molecule has 0 radical (unpaired) electrons. The summed E-state index contributed by atoms with van der Waals surface area (Å²) < 4.78 is 10.8. The quantitative estimate of drug-likeness (QED) is 0.918. The molecule has 3 rings (SSSR count). The van der Waals surface area contributed by atoms with Crippen molar-refractivity contribution in [3.05, 3.63) is 59.2 Å². The zero-order valence-corrected chi connectivity index (χ0v) is 13.3. The number of aryl methyl sites for hydroxylation is 1. The van der Waals surface area contributed by atoms with Gasteiger partial charge >= 0.3 is 0 Å². The van der Waals surface area contributed by atoms with Crippen LogP contribution in [0, 0.1) is 0 Å². The van der Waals surface area contributed by atoms with E-state index >= 15 is 0 Å². The van der Waals surface area contributed by atoms with Crippen LogP contribution in [0.3, 0.4) is 0 Å². The summed E-state index contributed by atoms with van der Waals surface area (Å²) in [4.78, 5) is 0. The van der Waals surface area contributed by atoms with Gasteiger partial charge in [0.05, 0.1) is 14.2 Å². The fraction of sp³-hybridized carbons (Fsp3) is 0.368. The van der Waals surface area contributed by atoms with Gasteiger partial charge in [-0.2, -0.15) is 0 Å². The lowest BCUT2D eigenvalue weighted by molar-refractivity contribution is 0.352. The average molecular weight is 297 g/mol. The zero-order chi connectivity index (χ0) is 15.4. The fourth-order valence-corrected chi connectivity index (χ4v) is 3.12. The molecule has 0 aliphatic heterocycles. The molecule has 0 spiro atoms. The monoisotopic (exact) mass is 297 g/mol. The molecule has 22 heavy (non-hydrogen) atoms. The second-order valence-corrected chi connectivity index (χ2v) is 5.78. The van der Waals surface area contributed by atoms with Crippen LogP contribution >= 0.6 is 0 Å². The Kier molecular flexibility index (Phi) is 4.64. The molecule has 0 saturated carbocycles. The van der Waals surface area contributed by atoms with Crippen molar-refractivity contribution >= 4 is 0 Å². The van der Waals surface area contributed by atoms with Crippen LogP contribution in [0.2, 0.25) is 0 Å². The van der Waals surface area contributed by atoms with Crippen LogP contribution in [0.15, 0.2) is 42.5 Å². The predicted molar refractivity (Wildman–Crippen MR) is 88.6 cm³/mol. The van der Waals surface area contributed by atoms with Crippen LogP contribution in [-0.4, -0.2) is 20.3 Å². The van der Waals surface area contributed by atoms with E-state index < -0.39 is 0 Å². The highest BCUT2D eigenvalue weighted by Crippen LogP contribution is 2.34. The number of methoxy groups -OCH3 is 2. The zero-order valence-electron chi connectivity index (χ0n) is 13.3. The molecule has 1 aliphatic rings. The molecule has 0 aromatic heterocycles. The van der Waals surface area contributed by atoms with Crippen molar-refractivity contribution < 1.29 is 9.47 Å². The Balaban J connectivity index is 1.68. The van der Waals surface area contributed by atoms with Gasteiger partial charge in [0.1, 0.15) is 0 Å². The summed E-state index contributed by atoms with van der Waals surface area (Å²) in [7, 11) is 3.38. The molecular formula is C19H23NO2. The van der Waals surface area contributed by atoms with E-state index in [0.29, 0.717) is 6.04 Å². The summed E-state index contributed by atoms with van der Waals surface area (Å²) in [6, 6.07) is 15.3. The molecule has 0 amide bonds. The molecular weight excluding hydrogens is 274 g/mol. The Morgan fingerprint density at radius 1 is 1.00 bits per heavy atom. The smallest absolute Gasteiger partial charge is 0.161 e. The summed E-state index contributed by atoms with van der Waals surface area (Å²) in [5, 5.41) is 3.67. The third kappa shape index (κ3) is 3.25. The minimum absolute atomic E-state index is 0.519.